The molecule has 0 heterocycles. The van der Waals surface area contributed by atoms with E-state index in [1.807, 2.05) is 55.5 Å². The van der Waals surface area contributed by atoms with Crippen LogP contribution in [-0.4, -0.2) is 24.8 Å². The van der Waals surface area contributed by atoms with Gasteiger partial charge in [-0.2, -0.15) is 0 Å². The normalized spacial score (nSPS) is 11.7. The van der Waals surface area contributed by atoms with Crippen LogP contribution in [0.15, 0.2) is 48.5 Å². The van der Waals surface area contributed by atoms with Crippen molar-refractivity contribution in [1.29, 1.82) is 0 Å². The Labute approximate surface area is 130 Å². The van der Waals surface area contributed by atoms with Gasteiger partial charge in [0.2, 0.25) is 0 Å². The molecule has 1 atom stereocenters. The molecule has 2 aromatic carbocycles. The highest BCUT2D eigenvalue weighted by Crippen LogP contribution is 2.30. The highest BCUT2D eigenvalue weighted by atomic mass is 16.5. The molecule has 0 fully saturated rings. The second-order valence-electron chi connectivity index (χ2n) is 4.92. The Kier molecular flexibility index (Phi) is 5.42. The lowest BCUT2D eigenvalue weighted by Gasteiger charge is -2.15. The minimum absolute atomic E-state index is 0.406. The maximum atomic E-state index is 11.6. The van der Waals surface area contributed by atoms with Gasteiger partial charge in [-0.25, -0.2) is 0 Å². The fraction of sp³-hybridized carbons (Fsp3) is 0.278. The molecule has 0 aliphatic rings. The molecular weight excluding hydrogens is 280 g/mol. The van der Waals surface area contributed by atoms with E-state index in [4.69, 9.17) is 9.47 Å². The molecule has 0 spiro atoms. The topological polar surface area (TPSA) is 55.8 Å². The predicted octanol–water partition coefficient (Wildman–Crippen LogP) is 3.50. The number of aliphatic carboxylic acids is 1. The summed E-state index contributed by atoms with van der Waals surface area (Å²) in [5.41, 5.74) is 1.70. The van der Waals surface area contributed by atoms with Crippen molar-refractivity contribution < 1.29 is 19.4 Å². The highest BCUT2D eigenvalue weighted by molar-refractivity contribution is 5.76. The van der Waals surface area contributed by atoms with Crippen LogP contribution >= 0.6 is 0 Å². The van der Waals surface area contributed by atoms with Crippen LogP contribution in [0.25, 0.3) is 0 Å². The first kappa shape index (κ1) is 15.9. The van der Waals surface area contributed by atoms with E-state index < -0.39 is 11.9 Å². The predicted molar refractivity (Wildman–Crippen MR) is 84.7 cm³/mol. The number of rotatable bonds is 7. The number of ether oxygens (including phenoxy) is 2. The molecule has 0 radical (unpaired) electrons. The van der Waals surface area contributed by atoms with Crippen LogP contribution < -0.4 is 9.47 Å². The lowest BCUT2D eigenvalue weighted by molar-refractivity contribution is -0.138. The zero-order valence-electron chi connectivity index (χ0n) is 12.8. The van der Waals surface area contributed by atoms with E-state index in [1.165, 1.54) is 0 Å². The van der Waals surface area contributed by atoms with Crippen molar-refractivity contribution in [2.45, 2.75) is 19.3 Å². The summed E-state index contributed by atoms with van der Waals surface area (Å²) in [5, 5.41) is 9.51. The third-order valence-electron chi connectivity index (χ3n) is 3.47. The Bertz CT molecular complexity index is 622. The van der Waals surface area contributed by atoms with Gasteiger partial charge in [0.1, 0.15) is 0 Å². The molecule has 116 valence electrons. The number of hydrogen-bond acceptors (Lipinski definition) is 3. The van der Waals surface area contributed by atoms with Gasteiger partial charge in [-0.1, -0.05) is 36.4 Å². The van der Waals surface area contributed by atoms with E-state index in [0.717, 1.165) is 11.1 Å². The van der Waals surface area contributed by atoms with Gasteiger partial charge in [-0.3, -0.25) is 4.79 Å². The first-order valence-electron chi connectivity index (χ1n) is 7.23. The Balaban J connectivity index is 2.27. The zero-order chi connectivity index (χ0) is 15.9. The summed E-state index contributed by atoms with van der Waals surface area (Å²) in [4.78, 5) is 11.6. The summed E-state index contributed by atoms with van der Waals surface area (Å²) in [6.45, 7) is 2.43. The van der Waals surface area contributed by atoms with Crippen LogP contribution in [0.4, 0.5) is 0 Å². The molecule has 0 bridgehead atoms. The van der Waals surface area contributed by atoms with Crippen molar-refractivity contribution in [3.8, 4) is 11.5 Å². The van der Waals surface area contributed by atoms with Crippen LogP contribution in [-0.2, 0) is 11.2 Å². The molecule has 0 saturated carbocycles. The molecule has 1 N–H and O–H groups in total. The zero-order valence-corrected chi connectivity index (χ0v) is 12.8. The van der Waals surface area contributed by atoms with E-state index in [1.54, 1.807) is 7.11 Å². The van der Waals surface area contributed by atoms with Crippen LogP contribution in [0, 0.1) is 0 Å². The molecule has 22 heavy (non-hydrogen) atoms. The molecule has 1 unspecified atom stereocenters. The summed E-state index contributed by atoms with van der Waals surface area (Å²) < 4.78 is 10.8. The molecular formula is C18H20O4. The lowest BCUT2D eigenvalue weighted by atomic mass is 9.92. The van der Waals surface area contributed by atoms with Crippen LogP contribution in [0.1, 0.15) is 24.0 Å². The van der Waals surface area contributed by atoms with Gasteiger partial charge in [-0.15, -0.1) is 0 Å². The minimum atomic E-state index is -0.833. The summed E-state index contributed by atoms with van der Waals surface area (Å²) >= 11 is 0. The van der Waals surface area contributed by atoms with Gasteiger partial charge in [-0.05, 0) is 36.6 Å². The fourth-order valence-electron chi connectivity index (χ4n) is 2.39. The van der Waals surface area contributed by atoms with Gasteiger partial charge >= 0.3 is 5.97 Å². The average Bonchev–Trinajstić information content (AvgIpc) is 2.54. The van der Waals surface area contributed by atoms with Crippen LogP contribution in [0.2, 0.25) is 0 Å². The fourth-order valence-corrected chi connectivity index (χ4v) is 2.39. The molecule has 0 amide bonds. The quantitative estimate of drug-likeness (QED) is 0.850. The highest BCUT2D eigenvalue weighted by Gasteiger charge is 2.20. The van der Waals surface area contributed by atoms with E-state index >= 15 is 0 Å². The molecule has 4 nitrogen and oxygen atoms in total. The third-order valence-corrected chi connectivity index (χ3v) is 3.47. The van der Waals surface area contributed by atoms with E-state index in [9.17, 15) is 9.90 Å². The number of methoxy groups -OCH3 is 1. The van der Waals surface area contributed by atoms with Crippen molar-refractivity contribution in [2.24, 2.45) is 0 Å². The van der Waals surface area contributed by atoms with Crippen molar-refractivity contribution >= 4 is 5.97 Å². The van der Waals surface area contributed by atoms with E-state index in [2.05, 4.69) is 0 Å². The van der Waals surface area contributed by atoms with Crippen LogP contribution in [0.5, 0.6) is 11.5 Å². The Morgan fingerprint density at radius 1 is 1.14 bits per heavy atom. The molecule has 0 aromatic heterocycles. The second-order valence-corrected chi connectivity index (χ2v) is 4.92. The second kappa shape index (κ2) is 7.50. The van der Waals surface area contributed by atoms with Crippen molar-refractivity contribution in [3.05, 3.63) is 59.7 Å². The molecule has 0 aliphatic carbocycles. The summed E-state index contributed by atoms with van der Waals surface area (Å²) in [6.07, 6.45) is 0.406. The number of carbonyl (C=O) groups is 1. The molecule has 0 saturated heterocycles. The number of carboxylic acids is 1. The third kappa shape index (κ3) is 3.79. The van der Waals surface area contributed by atoms with E-state index in [0.29, 0.717) is 24.5 Å². The first-order valence-corrected chi connectivity index (χ1v) is 7.23. The van der Waals surface area contributed by atoms with Gasteiger partial charge in [0, 0.05) is 0 Å². The molecule has 2 rings (SSSR count). The lowest BCUT2D eigenvalue weighted by Crippen LogP contribution is -2.14. The Morgan fingerprint density at radius 3 is 2.45 bits per heavy atom. The monoisotopic (exact) mass is 300 g/mol. The summed E-state index contributed by atoms with van der Waals surface area (Å²) in [7, 11) is 1.58. The van der Waals surface area contributed by atoms with Crippen molar-refractivity contribution in [1.82, 2.24) is 0 Å². The summed E-state index contributed by atoms with van der Waals surface area (Å²) in [5.74, 6) is -0.124. The number of carboxylic acid groups (broad SMARTS) is 1. The van der Waals surface area contributed by atoms with Gasteiger partial charge in [0.25, 0.3) is 0 Å². The molecule has 0 aliphatic heterocycles. The van der Waals surface area contributed by atoms with Gasteiger partial charge in [0.05, 0.1) is 19.6 Å². The average molecular weight is 300 g/mol. The Hall–Kier alpha value is -2.49. The molecule has 4 heteroatoms. The minimum Gasteiger partial charge on any atom is -0.493 e. The molecule has 2 aromatic rings. The Morgan fingerprint density at radius 2 is 1.86 bits per heavy atom. The van der Waals surface area contributed by atoms with Gasteiger partial charge in [0.15, 0.2) is 11.5 Å². The summed E-state index contributed by atoms with van der Waals surface area (Å²) in [6, 6.07) is 14.8. The first-order chi connectivity index (χ1) is 10.7. The maximum Gasteiger partial charge on any atom is 0.311 e. The van der Waals surface area contributed by atoms with Crippen molar-refractivity contribution in [3.63, 3.8) is 0 Å². The van der Waals surface area contributed by atoms with Crippen LogP contribution in [0.3, 0.4) is 0 Å². The van der Waals surface area contributed by atoms with E-state index in [-0.39, 0.29) is 0 Å². The van der Waals surface area contributed by atoms with Gasteiger partial charge < -0.3 is 14.6 Å². The maximum absolute atomic E-state index is 11.6. The largest absolute Gasteiger partial charge is 0.493 e. The van der Waals surface area contributed by atoms with Crippen molar-refractivity contribution in [2.75, 3.05) is 13.7 Å². The standard InChI is InChI=1S/C18H20O4/c1-3-22-17-12-13(9-10-16(17)21-2)11-15(18(19)20)14-7-5-4-6-8-14/h4-10,12,15H,3,11H2,1-2H3,(H,19,20). The number of hydrogen-bond donors (Lipinski definition) is 1. The smallest absolute Gasteiger partial charge is 0.311 e. The number of benzene rings is 2. The SMILES string of the molecule is CCOc1cc(CC(C(=O)O)c2ccccc2)ccc1OC.